The van der Waals surface area contributed by atoms with Gasteiger partial charge in [0, 0.05) is 0 Å². The molecule has 0 radical (unpaired) electrons. The van der Waals surface area contributed by atoms with Crippen molar-refractivity contribution in [2.45, 2.75) is 0 Å². The number of benzene rings is 8. The van der Waals surface area contributed by atoms with Crippen molar-refractivity contribution < 1.29 is 0 Å². The Morgan fingerprint density at radius 1 is 0.295 bits per heavy atom. The van der Waals surface area contributed by atoms with Gasteiger partial charge in [-0.1, -0.05) is 146 Å². The van der Waals surface area contributed by atoms with Crippen LogP contribution in [0.4, 0.5) is 0 Å². The lowest BCUT2D eigenvalue weighted by atomic mass is 9.84. The summed E-state index contributed by atoms with van der Waals surface area (Å²) in [5, 5.41) is 12.5. The molecule has 0 amide bonds. The second-order valence-corrected chi connectivity index (χ2v) is 11.5. The monoisotopic (exact) mass is 554 g/mol. The lowest BCUT2D eigenvalue weighted by Gasteiger charge is -2.19. The summed E-state index contributed by atoms with van der Waals surface area (Å²) in [5.41, 5.74) is 7.52. The van der Waals surface area contributed by atoms with E-state index in [4.69, 9.17) is 0 Å². The van der Waals surface area contributed by atoms with Gasteiger partial charge in [0.25, 0.3) is 0 Å². The highest BCUT2D eigenvalue weighted by Crippen LogP contribution is 2.46. The fraction of sp³-hybridized carbons (Fsp3) is 0. The largest absolute Gasteiger partial charge is 0.0696 e. The van der Waals surface area contributed by atoms with Gasteiger partial charge in [0.15, 0.2) is 0 Å². The van der Waals surface area contributed by atoms with Crippen LogP contribution in [0.25, 0.3) is 87.2 Å². The average molecular weight is 555 g/mol. The SMILES string of the molecule is c1cc2cc3ccc4c(-c5c6ccccc6c(-c6ccc(-c7ccccc7)cc6)c6ccccc56)cccc4c3cc2cc#1. The predicted octanol–water partition coefficient (Wildman–Crippen LogP) is 12.1. The van der Waals surface area contributed by atoms with E-state index in [1.165, 1.54) is 87.2 Å². The lowest BCUT2D eigenvalue weighted by Crippen LogP contribution is -1.92. The molecule has 0 heterocycles. The van der Waals surface area contributed by atoms with Crippen LogP contribution in [0.15, 0.2) is 158 Å². The molecule has 0 aliphatic carbocycles. The minimum Gasteiger partial charge on any atom is -0.0696 e. The Bertz CT molecular complexity index is 2460. The summed E-state index contributed by atoms with van der Waals surface area (Å²) >= 11 is 0. The van der Waals surface area contributed by atoms with E-state index < -0.39 is 0 Å². The molecule has 0 aliphatic heterocycles. The summed E-state index contributed by atoms with van der Waals surface area (Å²) in [6.45, 7) is 0. The molecule has 0 aromatic heterocycles. The lowest BCUT2D eigenvalue weighted by molar-refractivity contribution is 1.61. The molecule has 9 aromatic rings. The van der Waals surface area contributed by atoms with Gasteiger partial charge >= 0.3 is 0 Å². The maximum atomic E-state index is 3.13. The van der Waals surface area contributed by atoms with Gasteiger partial charge in [-0.25, -0.2) is 0 Å². The van der Waals surface area contributed by atoms with Crippen molar-refractivity contribution in [1.82, 2.24) is 0 Å². The molecule has 9 aromatic carbocycles. The smallest absolute Gasteiger partial charge is 0.00201 e. The molecule has 0 fully saturated rings. The van der Waals surface area contributed by atoms with Crippen LogP contribution in [0.5, 0.6) is 0 Å². The van der Waals surface area contributed by atoms with Crippen LogP contribution in [0, 0.1) is 12.1 Å². The van der Waals surface area contributed by atoms with Gasteiger partial charge in [0.2, 0.25) is 0 Å². The topological polar surface area (TPSA) is 0 Å². The van der Waals surface area contributed by atoms with Crippen molar-refractivity contribution in [3.05, 3.63) is 170 Å². The van der Waals surface area contributed by atoms with Crippen molar-refractivity contribution in [3.8, 4) is 33.4 Å². The highest BCUT2D eigenvalue weighted by Gasteiger charge is 2.18. The zero-order chi connectivity index (χ0) is 29.0. The minimum atomic E-state index is 1.19. The molecular formula is C44H26. The molecule has 9 rings (SSSR count). The van der Waals surface area contributed by atoms with Gasteiger partial charge in [-0.05, 0) is 112 Å². The van der Waals surface area contributed by atoms with Gasteiger partial charge in [-0.2, -0.15) is 0 Å². The first-order chi connectivity index (χ1) is 21.8. The summed E-state index contributed by atoms with van der Waals surface area (Å²) in [7, 11) is 0. The first kappa shape index (κ1) is 24.7. The maximum absolute atomic E-state index is 3.13. The summed E-state index contributed by atoms with van der Waals surface area (Å²) in [6.07, 6.45) is 0. The average Bonchev–Trinajstić information content (AvgIpc) is 3.10. The van der Waals surface area contributed by atoms with Crippen LogP contribution < -0.4 is 0 Å². The molecule has 0 nitrogen and oxygen atoms in total. The molecule has 0 aliphatic rings. The van der Waals surface area contributed by atoms with Gasteiger partial charge in [0.1, 0.15) is 0 Å². The summed E-state index contributed by atoms with van der Waals surface area (Å²) in [5.74, 6) is 0. The number of hydrogen-bond acceptors (Lipinski definition) is 0. The van der Waals surface area contributed by atoms with Gasteiger partial charge in [0.05, 0.1) is 0 Å². The Kier molecular flexibility index (Phi) is 5.52. The van der Waals surface area contributed by atoms with Gasteiger partial charge in [-0.15, -0.1) is 0 Å². The molecule has 0 saturated heterocycles. The van der Waals surface area contributed by atoms with Crippen LogP contribution in [0.1, 0.15) is 0 Å². The molecule has 0 unspecified atom stereocenters. The van der Waals surface area contributed by atoms with Gasteiger partial charge in [-0.3, -0.25) is 0 Å². The molecule has 0 heteroatoms. The van der Waals surface area contributed by atoms with E-state index in [0.717, 1.165) is 0 Å². The predicted molar refractivity (Wildman–Crippen MR) is 188 cm³/mol. The van der Waals surface area contributed by atoms with Crippen LogP contribution >= 0.6 is 0 Å². The Morgan fingerprint density at radius 2 is 0.841 bits per heavy atom. The molecule has 0 N–H and O–H groups in total. The van der Waals surface area contributed by atoms with E-state index in [1.54, 1.807) is 0 Å². The third-order valence-corrected chi connectivity index (χ3v) is 9.10. The molecular weight excluding hydrogens is 528 g/mol. The van der Waals surface area contributed by atoms with Crippen LogP contribution in [-0.2, 0) is 0 Å². The van der Waals surface area contributed by atoms with Crippen molar-refractivity contribution in [3.63, 3.8) is 0 Å². The molecule has 202 valence electrons. The fourth-order valence-electron chi connectivity index (χ4n) is 7.07. The van der Waals surface area contributed by atoms with E-state index in [-0.39, 0.29) is 0 Å². The van der Waals surface area contributed by atoms with E-state index >= 15 is 0 Å². The van der Waals surface area contributed by atoms with Crippen LogP contribution in [0.3, 0.4) is 0 Å². The van der Waals surface area contributed by atoms with Gasteiger partial charge < -0.3 is 0 Å². The third kappa shape index (κ3) is 3.81. The Hall–Kier alpha value is -5.90. The van der Waals surface area contributed by atoms with Crippen molar-refractivity contribution in [2.75, 3.05) is 0 Å². The third-order valence-electron chi connectivity index (χ3n) is 9.10. The zero-order valence-electron chi connectivity index (χ0n) is 24.0. The standard InChI is InChI=1S/C44H26/c1-2-11-29(12-3-1)30-21-23-31(24-22-30)43-38-15-6-8-17-40(38)44(41-18-9-7-16-39(41)43)37-20-10-19-35-36(37)26-25-34-27-32-13-4-5-14-33(32)28-42(34)35/h1-3,6-28H. The van der Waals surface area contributed by atoms with E-state index in [0.29, 0.717) is 0 Å². The van der Waals surface area contributed by atoms with Crippen molar-refractivity contribution >= 4 is 53.9 Å². The van der Waals surface area contributed by atoms with Crippen molar-refractivity contribution in [1.29, 1.82) is 0 Å². The minimum absolute atomic E-state index is 1.19. The summed E-state index contributed by atoms with van der Waals surface area (Å²) in [6, 6.07) is 63.7. The van der Waals surface area contributed by atoms with Crippen LogP contribution in [-0.4, -0.2) is 0 Å². The summed E-state index contributed by atoms with van der Waals surface area (Å²) < 4.78 is 0. The maximum Gasteiger partial charge on any atom is -0.00201 e. The normalized spacial score (nSPS) is 11.5. The van der Waals surface area contributed by atoms with E-state index in [9.17, 15) is 0 Å². The Morgan fingerprint density at radius 3 is 1.52 bits per heavy atom. The zero-order valence-corrected chi connectivity index (χ0v) is 24.0. The highest BCUT2D eigenvalue weighted by molar-refractivity contribution is 6.25. The molecule has 0 saturated carbocycles. The molecule has 44 heavy (non-hydrogen) atoms. The second kappa shape index (κ2) is 9.84. The first-order valence-electron chi connectivity index (χ1n) is 15.1. The quantitative estimate of drug-likeness (QED) is 0.150. The second-order valence-electron chi connectivity index (χ2n) is 11.5. The number of rotatable bonds is 3. The number of hydrogen-bond donors (Lipinski definition) is 0. The molecule has 0 bridgehead atoms. The molecule has 0 spiro atoms. The van der Waals surface area contributed by atoms with E-state index in [1.807, 2.05) is 12.1 Å². The Balaban J connectivity index is 1.32. The number of fused-ring (bicyclic) bond motifs is 6. The Labute approximate surface area is 256 Å². The van der Waals surface area contributed by atoms with Crippen LogP contribution in [0.2, 0.25) is 0 Å². The highest BCUT2D eigenvalue weighted by atomic mass is 14.2. The fourth-order valence-corrected chi connectivity index (χ4v) is 7.07. The van der Waals surface area contributed by atoms with Crippen molar-refractivity contribution in [2.24, 2.45) is 0 Å². The molecule has 0 atom stereocenters. The first-order valence-corrected chi connectivity index (χ1v) is 15.1. The van der Waals surface area contributed by atoms with E-state index in [2.05, 4.69) is 158 Å². The summed E-state index contributed by atoms with van der Waals surface area (Å²) in [4.78, 5) is 0.